The maximum absolute atomic E-state index is 10.3. The van der Waals surface area contributed by atoms with E-state index in [1.807, 2.05) is 13.8 Å². The Morgan fingerprint density at radius 2 is 1.75 bits per heavy atom. The van der Waals surface area contributed by atoms with Gasteiger partial charge in [-0.15, -0.1) is 0 Å². The Bertz CT molecular complexity index is 601. The van der Waals surface area contributed by atoms with Crippen LogP contribution in [-0.4, -0.2) is 10.7 Å². The maximum Gasteiger partial charge on any atom is 0.127 e. The minimum Gasteiger partial charge on any atom is -0.507 e. The van der Waals surface area contributed by atoms with Crippen molar-refractivity contribution in [3.05, 3.63) is 34.4 Å². The van der Waals surface area contributed by atoms with Crippen LogP contribution in [0.25, 0.3) is 0 Å². The normalized spacial score (nSPS) is 20.2. The molecule has 0 amide bonds. The number of ether oxygens (including phenoxy) is 1. The van der Waals surface area contributed by atoms with E-state index < -0.39 is 0 Å². The van der Waals surface area contributed by atoms with Crippen LogP contribution in [0, 0.1) is 20.8 Å². The van der Waals surface area contributed by atoms with E-state index in [2.05, 4.69) is 32.9 Å². The van der Waals surface area contributed by atoms with E-state index in [9.17, 15) is 5.11 Å². The van der Waals surface area contributed by atoms with E-state index in [0.29, 0.717) is 5.75 Å². The number of rotatable bonds is 7. The van der Waals surface area contributed by atoms with Crippen molar-refractivity contribution in [3.8, 4) is 11.5 Å². The lowest BCUT2D eigenvalue weighted by atomic mass is 9.87. The lowest BCUT2D eigenvalue weighted by molar-refractivity contribution is 0.112. The lowest BCUT2D eigenvalue weighted by Gasteiger charge is -2.36. The summed E-state index contributed by atoms with van der Waals surface area (Å²) in [5, 5.41) is 10.3. The smallest absolute Gasteiger partial charge is 0.127 e. The van der Waals surface area contributed by atoms with Crippen molar-refractivity contribution in [2.24, 2.45) is 0 Å². The largest absolute Gasteiger partial charge is 0.507 e. The number of hydrogen-bond donors (Lipinski definition) is 1. The van der Waals surface area contributed by atoms with Gasteiger partial charge in [0.25, 0.3) is 0 Å². The summed E-state index contributed by atoms with van der Waals surface area (Å²) in [5.41, 5.74) is 3.95. The fourth-order valence-electron chi connectivity index (χ4n) is 3.58. The van der Waals surface area contributed by atoms with Gasteiger partial charge in [0.2, 0.25) is 0 Å². The summed E-state index contributed by atoms with van der Waals surface area (Å²) in [6, 6.07) is 0. The van der Waals surface area contributed by atoms with Crippen LogP contribution in [0.5, 0.6) is 11.5 Å². The quantitative estimate of drug-likeness (QED) is 0.468. The summed E-state index contributed by atoms with van der Waals surface area (Å²) in [5.74, 6) is 1.42. The second-order valence-corrected chi connectivity index (χ2v) is 7.55. The van der Waals surface area contributed by atoms with E-state index in [1.54, 1.807) is 0 Å². The average molecular weight is 331 g/mol. The van der Waals surface area contributed by atoms with E-state index >= 15 is 0 Å². The van der Waals surface area contributed by atoms with Gasteiger partial charge in [-0.05, 0) is 76.1 Å². The molecule has 1 aliphatic heterocycles. The van der Waals surface area contributed by atoms with Crippen LogP contribution in [0.1, 0.15) is 81.0 Å². The van der Waals surface area contributed by atoms with Gasteiger partial charge in [-0.25, -0.2) is 0 Å². The van der Waals surface area contributed by atoms with Crippen LogP contribution >= 0.6 is 0 Å². The zero-order valence-corrected chi connectivity index (χ0v) is 16.2. The topological polar surface area (TPSA) is 29.5 Å². The first-order chi connectivity index (χ1) is 11.4. The molecule has 1 aliphatic rings. The molecule has 0 saturated heterocycles. The van der Waals surface area contributed by atoms with Crippen molar-refractivity contribution < 1.29 is 9.84 Å². The summed E-state index contributed by atoms with van der Waals surface area (Å²) in [6.45, 7) is 10.5. The van der Waals surface area contributed by atoms with Crippen LogP contribution in [0.3, 0.4) is 0 Å². The SMILES string of the molecule is CCCCCCC/C=C/[C@]1(C)CCc2c(C)c(O)c(C)c(C)c2O1. The number of fused-ring (bicyclic) bond motifs is 1. The Morgan fingerprint density at radius 3 is 2.46 bits per heavy atom. The van der Waals surface area contributed by atoms with Crippen LogP contribution < -0.4 is 4.74 Å². The van der Waals surface area contributed by atoms with Gasteiger partial charge in [-0.2, -0.15) is 0 Å². The van der Waals surface area contributed by atoms with E-state index in [1.165, 1.54) is 37.7 Å². The van der Waals surface area contributed by atoms with Gasteiger partial charge >= 0.3 is 0 Å². The highest BCUT2D eigenvalue weighted by Gasteiger charge is 2.32. The molecular formula is C22H34O2. The molecule has 2 heteroatoms. The lowest BCUT2D eigenvalue weighted by Crippen LogP contribution is -2.35. The molecule has 0 spiro atoms. The second kappa shape index (κ2) is 8.09. The summed E-state index contributed by atoms with van der Waals surface area (Å²) in [7, 11) is 0. The fourth-order valence-corrected chi connectivity index (χ4v) is 3.58. The summed E-state index contributed by atoms with van der Waals surface area (Å²) >= 11 is 0. The second-order valence-electron chi connectivity index (χ2n) is 7.55. The van der Waals surface area contributed by atoms with Crippen molar-refractivity contribution in [3.63, 3.8) is 0 Å². The highest BCUT2D eigenvalue weighted by atomic mass is 16.5. The van der Waals surface area contributed by atoms with Gasteiger partial charge in [-0.1, -0.05) is 38.7 Å². The average Bonchev–Trinajstić information content (AvgIpc) is 2.57. The number of aromatic hydroxyl groups is 1. The Kier molecular flexibility index (Phi) is 6.37. The summed E-state index contributed by atoms with van der Waals surface area (Å²) < 4.78 is 6.41. The number of phenolic OH excluding ortho intramolecular Hbond substituents is 1. The Morgan fingerprint density at radius 1 is 1.04 bits per heavy atom. The first kappa shape index (κ1) is 18.9. The first-order valence-electron chi connectivity index (χ1n) is 9.58. The Hall–Kier alpha value is -1.44. The molecule has 0 radical (unpaired) electrons. The summed E-state index contributed by atoms with van der Waals surface area (Å²) in [4.78, 5) is 0. The van der Waals surface area contributed by atoms with Crippen LogP contribution in [-0.2, 0) is 6.42 Å². The van der Waals surface area contributed by atoms with Crippen LogP contribution in [0.4, 0.5) is 0 Å². The predicted molar refractivity (Wildman–Crippen MR) is 102 cm³/mol. The van der Waals surface area contributed by atoms with E-state index in [4.69, 9.17) is 4.74 Å². The predicted octanol–water partition coefficient (Wildman–Crippen LogP) is 6.32. The van der Waals surface area contributed by atoms with E-state index in [0.717, 1.165) is 41.7 Å². The van der Waals surface area contributed by atoms with Crippen molar-refractivity contribution in [1.82, 2.24) is 0 Å². The molecule has 2 rings (SSSR count). The molecule has 2 nitrogen and oxygen atoms in total. The van der Waals surface area contributed by atoms with Crippen molar-refractivity contribution >= 4 is 0 Å². The monoisotopic (exact) mass is 330 g/mol. The number of unbranched alkanes of at least 4 members (excludes halogenated alkanes) is 5. The minimum absolute atomic E-state index is 0.225. The van der Waals surface area contributed by atoms with Gasteiger partial charge in [0, 0.05) is 5.56 Å². The molecular weight excluding hydrogens is 296 g/mol. The Balaban J connectivity index is 2.03. The first-order valence-corrected chi connectivity index (χ1v) is 9.58. The molecule has 0 unspecified atom stereocenters. The highest BCUT2D eigenvalue weighted by molar-refractivity contribution is 5.58. The molecule has 0 aromatic heterocycles. The van der Waals surface area contributed by atoms with Crippen molar-refractivity contribution in [2.45, 2.75) is 91.6 Å². The van der Waals surface area contributed by atoms with Gasteiger partial charge in [-0.3, -0.25) is 0 Å². The standard InChI is InChI=1S/C22H34O2/c1-6-7-8-9-10-11-12-14-22(5)15-13-19-18(4)20(23)16(2)17(3)21(19)24-22/h12,14,23H,6-11,13,15H2,1-5H3/b14-12+/t22-/m1/s1. The highest BCUT2D eigenvalue weighted by Crippen LogP contribution is 2.43. The van der Waals surface area contributed by atoms with Gasteiger partial charge in [0.05, 0.1) is 0 Å². The van der Waals surface area contributed by atoms with Gasteiger partial charge in [0.1, 0.15) is 17.1 Å². The van der Waals surface area contributed by atoms with Crippen molar-refractivity contribution in [1.29, 1.82) is 0 Å². The number of phenols is 1. The number of hydrogen-bond acceptors (Lipinski definition) is 2. The molecule has 1 heterocycles. The number of allylic oxidation sites excluding steroid dienone is 1. The van der Waals surface area contributed by atoms with Crippen LogP contribution in [0.2, 0.25) is 0 Å². The molecule has 1 aromatic carbocycles. The summed E-state index contributed by atoms with van der Waals surface area (Å²) in [6.07, 6.45) is 14.2. The fraction of sp³-hybridized carbons (Fsp3) is 0.636. The molecule has 134 valence electrons. The van der Waals surface area contributed by atoms with Gasteiger partial charge < -0.3 is 9.84 Å². The molecule has 0 bridgehead atoms. The third-order valence-electron chi connectivity index (χ3n) is 5.49. The molecule has 0 saturated carbocycles. The Labute approximate surface area is 147 Å². The maximum atomic E-state index is 10.3. The zero-order chi connectivity index (χ0) is 17.7. The van der Waals surface area contributed by atoms with Crippen LogP contribution in [0.15, 0.2) is 12.2 Å². The minimum atomic E-state index is -0.225. The zero-order valence-electron chi connectivity index (χ0n) is 16.2. The van der Waals surface area contributed by atoms with Crippen molar-refractivity contribution in [2.75, 3.05) is 0 Å². The van der Waals surface area contributed by atoms with Gasteiger partial charge in [0.15, 0.2) is 0 Å². The van der Waals surface area contributed by atoms with E-state index in [-0.39, 0.29) is 5.60 Å². The number of benzene rings is 1. The molecule has 1 N–H and O–H groups in total. The third kappa shape index (κ3) is 4.15. The molecule has 0 aliphatic carbocycles. The third-order valence-corrected chi connectivity index (χ3v) is 5.49. The molecule has 1 aromatic rings. The molecule has 24 heavy (non-hydrogen) atoms. The molecule has 0 fully saturated rings. The molecule has 1 atom stereocenters.